The van der Waals surface area contributed by atoms with Crippen LogP contribution in [0, 0.1) is 0 Å². The molecule has 0 spiro atoms. The van der Waals surface area contributed by atoms with Gasteiger partial charge in [0, 0.05) is 0 Å². The molecule has 0 unspecified atom stereocenters. The van der Waals surface area contributed by atoms with Crippen molar-refractivity contribution >= 4 is 39.5 Å². The maximum Gasteiger partial charge on any atom is 0.407 e. The Bertz CT molecular complexity index is 647. The van der Waals surface area contributed by atoms with Crippen LogP contribution in [0.4, 0.5) is 4.79 Å². The minimum Gasteiger partial charge on any atom is -0.481 e. The van der Waals surface area contributed by atoms with Crippen molar-refractivity contribution in [2.24, 2.45) is 0 Å². The number of benzene rings is 1. The number of rotatable bonds is 6. The fourth-order valence-electron chi connectivity index (χ4n) is 1.76. The van der Waals surface area contributed by atoms with Gasteiger partial charge in [0.05, 0.1) is 28.0 Å². The summed E-state index contributed by atoms with van der Waals surface area (Å²) < 4.78 is 9.72. The van der Waals surface area contributed by atoms with Crippen molar-refractivity contribution in [2.45, 2.75) is 19.1 Å². The number of carboxylic acids is 1. The molecule has 0 fully saturated rings. The molecule has 22 heavy (non-hydrogen) atoms. The summed E-state index contributed by atoms with van der Waals surface area (Å²) in [5.74, 6) is -1.02. The Balaban J connectivity index is 1.96. The number of carbonyl (C=O) groups excluding carboxylic acids is 1. The minimum absolute atomic E-state index is 0.121. The van der Waals surface area contributed by atoms with Crippen molar-refractivity contribution in [3.63, 3.8) is 0 Å². The zero-order valence-corrected chi connectivity index (χ0v) is 13.8. The highest BCUT2D eigenvalue weighted by Crippen LogP contribution is 2.29. The molecule has 0 aliphatic heterocycles. The molecule has 1 atom stereocenters. The number of hydrogen-bond donors (Lipinski definition) is 2. The molecule has 1 aromatic heterocycles. The Morgan fingerprint density at radius 2 is 2.09 bits per heavy atom. The minimum atomic E-state index is -1.02. The second-order valence-corrected chi connectivity index (χ2v) is 6.08. The number of aromatic nitrogens is 1. The Morgan fingerprint density at radius 3 is 2.68 bits per heavy atom. The molecular weight excluding hydrogens is 372 g/mol. The van der Waals surface area contributed by atoms with Gasteiger partial charge in [0.25, 0.3) is 0 Å². The van der Waals surface area contributed by atoms with Gasteiger partial charge in [0.2, 0.25) is 0 Å². The predicted molar refractivity (Wildman–Crippen MR) is 84.6 cm³/mol. The number of nitrogens with zero attached hydrogens (tertiary/aromatic N) is 1. The Labute approximate surface area is 139 Å². The summed E-state index contributed by atoms with van der Waals surface area (Å²) in [7, 11) is 0. The van der Waals surface area contributed by atoms with E-state index in [9.17, 15) is 9.59 Å². The molecule has 0 bridgehead atoms. The number of hydrogen-bond acceptors (Lipinski definition) is 5. The molecule has 1 amide bonds. The van der Waals surface area contributed by atoms with Gasteiger partial charge in [-0.2, -0.15) is 4.37 Å². The molecule has 1 aromatic carbocycles. The second-order valence-electron chi connectivity index (χ2n) is 4.39. The number of ether oxygens (including phenoxy) is 1. The number of carbonyl (C=O) groups is 2. The van der Waals surface area contributed by atoms with Crippen LogP contribution < -0.4 is 5.32 Å². The van der Waals surface area contributed by atoms with E-state index < -0.39 is 18.1 Å². The van der Waals surface area contributed by atoms with Crippen LogP contribution in [0.1, 0.15) is 22.9 Å². The Morgan fingerprint density at radius 1 is 1.36 bits per heavy atom. The van der Waals surface area contributed by atoms with Gasteiger partial charge in [-0.15, -0.1) is 0 Å². The number of carboxylic acid groups (broad SMARTS) is 1. The van der Waals surface area contributed by atoms with E-state index in [2.05, 4.69) is 25.6 Å². The zero-order valence-electron chi connectivity index (χ0n) is 11.4. The maximum absolute atomic E-state index is 11.9. The second kappa shape index (κ2) is 7.90. The molecule has 0 aliphatic carbocycles. The molecule has 0 saturated heterocycles. The monoisotopic (exact) mass is 384 g/mol. The van der Waals surface area contributed by atoms with E-state index in [-0.39, 0.29) is 13.0 Å². The van der Waals surface area contributed by atoms with Gasteiger partial charge in [-0.1, -0.05) is 30.3 Å². The first-order chi connectivity index (χ1) is 10.6. The lowest BCUT2D eigenvalue weighted by Crippen LogP contribution is -2.30. The average molecular weight is 385 g/mol. The van der Waals surface area contributed by atoms with Crippen LogP contribution in [0.25, 0.3) is 0 Å². The van der Waals surface area contributed by atoms with Gasteiger partial charge in [-0.3, -0.25) is 4.79 Å². The van der Waals surface area contributed by atoms with Crippen LogP contribution in [0.5, 0.6) is 0 Å². The van der Waals surface area contributed by atoms with Gasteiger partial charge in [-0.25, -0.2) is 4.79 Å². The zero-order chi connectivity index (χ0) is 15.9. The van der Waals surface area contributed by atoms with Crippen LogP contribution in [-0.2, 0) is 16.1 Å². The average Bonchev–Trinajstić information content (AvgIpc) is 2.91. The van der Waals surface area contributed by atoms with E-state index in [1.807, 2.05) is 30.3 Å². The highest BCUT2D eigenvalue weighted by Gasteiger charge is 2.22. The topological polar surface area (TPSA) is 88.5 Å². The van der Waals surface area contributed by atoms with Crippen molar-refractivity contribution in [3.05, 3.63) is 51.4 Å². The van der Waals surface area contributed by atoms with Crippen molar-refractivity contribution in [1.29, 1.82) is 0 Å². The normalized spacial score (nSPS) is 11.7. The van der Waals surface area contributed by atoms with Gasteiger partial charge < -0.3 is 15.2 Å². The summed E-state index contributed by atoms with van der Waals surface area (Å²) in [6.07, 6.45) is 0.642. The molecule has 0 radical (unpaired) electrons. The maximum atomic E-state index is 11.9. The summed E-state index contributed by atoms with van der Waals surface area (Å²) in [5.41, 5.74) is 0.853. The number of halogens is 1. The Kier molecular flexibility index (Phi) is 5.91. The van der Waals surface area contributed by atoms with Crippen molar-refractivity contribution in [2.75, 3.05) is 0 Å². The lowest BCUT2D eigenvalue weighted by Gasteiger charge is -2.15. The fourth-order valence-corrected chi connectivity index (χ4v) is 3.17. The first-order valence-corrected chi connectivity index (χ1v) is 7.92. The van der Waals surface area contributed by atoms with Crippen LogP contribution >= 0.6 is 27.5 Å². The van der Waals surface area contributed by atoms with Gasteiger partial charge in [0.1, 0.15) is 6.61 Å². The largest absolute Gasteiger partial charge is 0.481 e. The van der Waals surface area contributed by atoms with Crippen molar-refractivity contribution < 1.29 is 19.4 Å². The molecular formula is C14H13BrN2O4S. The third-order valence-corrected chi connectivity index (χ3v) is 4.56. The quantitative estimate of drug-likeness (QED) is 0.796. The van der Waals surface area contributed by atoms with Gasteiger partial charge in [-0.05, 0) is 33.0 Å². The van der Waals surface area contributed by atoms with Crippen LogP contribution in [0.3, 0.4) is 0 Å². The van der Waals surface area contributed by atoms with Crippen molar-refractivity contribution in [1.82, 2.24) is 9.69 Å². The van der Waals surface area contributed by atoms with Crippen LogP contribution in [0.15, 0.2) is 41.0 Å². The highest BCUT2D eigenvalue weighted by atomic mass is 79.9. The molecule has 0 aliphatic rings. The van der Waals surface area contributed by atoms with E-state index in [1.54, 1.807) is 6.20 Å². The first kappa shape index (κ1) is 16.4. The number of aliphatic carboxylic acids is 1. The van der Waals surface area contributed by atoms with Crippen molar-refractivity contribution in [3.8, 4) is 0 Å². The molecule has 116 valence electrons. The van der Waals surface area contributed by atoms with E-state index in [4.69, 9.17) is 9.84 Å². The Hall–Kier alpha value is -1.93. The van der Waals surface area contributed by atoms with E-state index >= 15 is 0 Å². The van der Waals surface area contributed by atoms with E-state index in [0.29, 0.717) is 9.35 Å². The van der Waals surface area contributed by atoms with E-state index in [0.717, 1.165) is 17.1 Å². The third kappa shape index (κ3) is 4.81. The summed E-state index contributed by atoms with van der Waals surface area (Å²) in [5, 5.41) is 11.5. The highest BCUT2D eigenvalue weighted by molar-refractivity contribution is 9.10. The fraction of sp³-hybridized carbons (Fsp3) is 0.214. The molecule has 6 nitrogen and oxygen atoms in total. The number of nitrogens with one attached hydrogen (secondary N) is 1. The molecule has 8 heteroatoms. The third-order valence-electron chi connectivity index (χ3n) is 2.75. The molecule has 2 rings (SSSR count). The first-order valence-electron chi connectivity index (χ1n) is 6.35. The molecule has 2 aromatic rings. The number of amides is 1. The number of alkyl carbamates (subject to hydrolysis) is 1. The van der Waals surface area contributed by atoms with E-state index in [1.165, 1.54) is 0 Å². The summed E-state index contributed by atoms with van der Waals surface area (Å²) in [6.45, 7) is 0.121. The summed E-state index contributed by atoms with van der Waals surface area (Å²) >= 11 is 4.41. The molecule has 1 heterocycles. The lowest BCUT2D eigenvalue weighted by molar-refractivity contribution is -0.137. The summed E-state index contributed by atoms with van der Waals surface area (Å²) in [6, 6.07) is 8.54. The van der Waals surface area contributed by atoms with Crippen LogP contribution in [0.2, 0.25) is 0 Å². The summed E-state index contributed by atoms with van der Waals surface area (Å²) in [4.78, 5) is 23.4. The standard InChI is InChI=1S/C14H13BrN2O4S/c15-10-7-16-22-13(10)11(6-12(18)19)17-14(20)21-8-9-4-2-1-3-5-9/h1-5,7,11H,6,8H2,(H,17,20)(H,18,19)/t11-/m1/s1. The lowest BCUT2D eigenvalue weighted by atomic mass is 10.2. The predicted octanol–water partition coefficient (Wildman–Crippen LogP) is 3.35. The molecule has 2 N–H and O–H groups in total. The van der Waals surface area contributed by atoms with Gasteiger partial charge in [0.15, 0.2) is 0 Å². The SMILES string of the molecule is O=C(O)C[C@@H](NC(=O)OCc1ccccc1)c1sncc1Br. The van der Waals surface area contributed by atoms with Gasteiger partial charge >= 0.3 is 12.1 Å². The molecule has 0 saturated carbocycles. The smallest absolute Gasteiger partial charge is 0.407 e. The van der Waals surface area contributed by atoms with Crippen LogP contribution in [-0.4, -0.2) is 21.5 Å².